The highest BCUT2D eigenvalue weighted by Gasteiger charge is 2.23. The molecule has 13 heavy (non-hydrogen) atoms. The monoisotopic (exact) mass is 181 g/mol. The lowest BCUT2D eigenvalue weighted by Gasteiger charge is -2.32. The van der Waals surface area contributed by atoms with Crippen LogP contribution in [0.5, 0.6) is 0 Å². The summed E-state index contributed by atoms with van der Waals surface area (Å²) in [5.41, 5.74) is 0. The van der Waals surface area contributed by atoms with Crippen molar-refractivity contribution in [3.8, 4) is 0 Å². The molecule has 0 bridgehead atoms. The molecule has 0 aromatic carbocycles. The minimum Gasteiger partial charge on any atom is -0.311 e. The zero-order valence-electron chi connectivity index (χ0n) is 9.22. The second-order valence-corrected chi connectivity index (χ2v) is 4.44. The van der Waals surface area contributed by atoms with Gasteiger partial charge in [-0.3, -0.25) is 0 Å². The third-order valence-electron chi connectivity index (χ3n) is 3.36. The van der Waals surface area contributed by atoms with Gasteiger partial charge in [0, 0.05) is 12.6 Å². The van der Waals surface area contributed by atoms with Crippen LogP contribution in [0.2, 0.25) is 0 Å². The number of hydrogen-bond donors (Lipinski definition) is 1. The summed E-state index contributed by atoms with van der Waals surface area (Å²) in [4.78, 5) is 0. The molecule has 1 aliphatic carbocycles. The van der Waals surface area contributed by atoms with Crippen LogP contribution in [0.25, 0.3) is 0 Å². The van der Waals surface area contributed by atoms with Crippen LogP contribution < -0.4 is 5.32 Å². The molecule has 0 aromatic rings. The number of allylic oxidation sites excluding steroid dienone is 1. The predicted molar refractivity (Wildman–Crippen MR) is 58.8 cm³/mol. The normalized spacial score (nSPS) is 35.5. The molecule has 0 amide bonds. The van der Waals surface area contributed by atoms with Crippen LogP contribution in [-0.2, 0) is 0 Å². The van der Waals surface area contributed by atoms with Crippen molar-refractivity contribution >= 4 is 0 Å². The van der Waals surface area contributed by atoms with Crippen molar-refractivity contribution in [3.05, 3.63) is 12.2 Å². The minimum absolute atomic E-state index is 0.766. The standard InChI is InChI=1S/C12H23N/c1-4-5-8-13-12-7-6-10(2)11(3)9-12/h4-5,10-13H,6-9H2,1-3H3/b5-4+. The molecule has 0 saturated heterocycles. The first-order valence-electron chi connectivity index (χ1n) is 5.58. The van der Waals surface area contributed by atoms with Gasteiger partial charge in [0.25, 0.3) is 0 Å². The Hall–Kier alpha value is -0.300. The highest BCUT2D eigenvalue weighted by Crippen LogP contribution is 2.29. The first-order chi connectivity index (χ1) is 6.24. The summed E-state index contributed by atoms with van der Waals surface area (Å²) >= 11 is 0. The molecule has 1 saturated carbocycles. The first kappa shape index (κ1) is 10.8. The second kappa shape index (κ2) is 5.43. The van der Waals surface area contributed by atoms with Crippen molar-refractivity contribution in [2.75, 3.05) is 6.54 Å². The Labute approximate surface area is 82.6 Å². The average Bonchev–Trinajstić information content (AvgIpc) is 2.12. The minimum atomic E-state index is 0.766. The van der Waals surface area contributed by atoms with Gasteiger partial charge in [-0.25, -0.2) is 0 Å². The Morgan fingerprint density at radius 2 is 2.00 bits per heavy atom. The van der Waals surface area contributed by atoms with Crippen LogP contribution in [0.4, 0.5) is 0 Å². The van der Waals surface area contributed by atoms with Crippen LogP contribution in [0.15, 0.2) is 12.2 Å². The summed E-state index contributed by atoms with van der Waals surface area (Å²) in [6, 6.07) is 0.766. The van der Waals surface area contributed by atoms with E-state index in [1.807, 2.05) is 0 Å². The molecular weight excluding hydrogens is 158 g/mol. The lowest BCUT2D eigenvalue weighted by Crippen LogP contribution is -2.36. The molecule has 0 radical (unpaired) electrons. The molecule has 0 spiro atoms. The van der Waals surface area contributed by atoms with Gasteiger partial charge in [-0.05, 0) is 38.0 Å². The highest BCUT2D eigenvalue weighted by atomic mass is 14.9. The van der Waals surface area contributed by atoms with Crippen LogP contribution in [0, 0.1) is 11.8 Å². The molecule has 1 nitrogen and oxygen atoms in total. The van der Waals surface area contributed by atoms with Crippen LogP contribution in [-0.4, -0.2) is 12.6 Å². The molecule has 0 aliphatic heterocycles. The Morgan fingerprint density at radius 3 is 2.62 bits per heavy atom. The van der Waals surface area contributed by atoms with Crippen molar-refractivity contribution in [2.45, 2.75) is 46.1 Å². The SMILES string of the molecule is C/C=C/CNC1CCC(C)C(C)C1. The number of hydrogen-bond acceptors (Lipinski definition) is 1. The van der Waals surface area contributed by atoms with Gasteiger partial charge in [0.2, 0.25) is 0 Å². The predicted octanol–water partition coefficient (Wildman–Crippen LogP) is 2.98. The van der Waals surface area contributed by atoms with Gasteiger partial charge in [0.15, 0.2) is 0 Å². The Balaban J connectivity index is 2.21. The molecule has 0 aromatic heterocycles. The Morgan fingerprint density at radius 1 is 1.23 bits per heavy atom. The van der Waals surface area contributed by atoms with Gasteiger partial charge in [0.1, 0.15) is 0 Å². The van der Waals surface area contributed by atoms with E-state index in [2.05, 4.69) is 38.2 Å². The zero-order chi connectivity index (χ0) is 9.68. The smallest absolute Gasteiger partial charge is 0.0137 e. The van der Waals surface area contributed by atoms with Crippen molar-refractivity contribution in [2.24, 2.45) is 11.8 Å². The fraction of sp³-hybridized carbons (Fsp3) is 0.833. The number of nitrogens with one attached hydrogen (secondary N) is 1. The van der Waals surface area contributed by atoms with E-state index in [0.29, 0.717) is 0 Å². The van der Waals surface area contributed by atoms with E-state index in [1.54, 1.807) is 0 Å². The van der Waals surface area contributed by atoms with Gasteiger partial charge < -0.3 is 5.32 Å². The Kier molecular flexibility index (Phi) is 4.51. The molecule has 1 N–H and O–H groups in total. The molecular formula is C12H23N. The van der Waals surface area contributed by atoms with Crippen molar-refractivity contribution < 1.29 is 0 Å². The lowest BCUT2D eigenvalue weighted by molar-refractivity contribution is 0.230. The summed E-state index contributed by atoms with van der Waals surface area (Å²) < 4.78 is 0. The largest absolute Gasteiger partial charge is 0.311 e. The maximum absolute atomic E-state index is 3.59. The van der Waals surface area contributed by atoms with Crippen molar-refractivity contribution in [3.63, 3.8) is 0 Å². The van der Waals surface area contributed by atoms with Gasteiger partial charge in [-0.1, -0.05) is 26.0 Å². The first-order valence-corrected chi connectivity index (χ1v) is 5.58. The van der Waals surface area contributed by atoms with E-state index in [-0.39, 0.29) is 0 Å². The Bertz CT molecular complexity index is 163. The van der Waals surface area contributed by atoms with Gasteiger partial charge >= 0.3 is 0 Å². The zero-order valence-corrected chi connectivity index (χ0v) is 9.22. The number of rotatable bonds is 3. The van der Waals surface area contributed by atoms with E-state index in [1.165, 1.54) is 19.3 Å². The summed E-state index contributed by atoms with van der Waals surface area (Å²) in [6.45, 7) is 7.89. The summed E-state index contributed by atoms with van der Waals surface area (Å²) in [5, 5.41) is 3.59. The van der Waals surface area contributed by atoms with Gasteiger partial charge in [-0.2, -0.15) is 0 Å². The summed E-state index contributed by atoms with van der Waals surface area (Å²) in [6.07, 6.45) is 8.43. The molecule has 3 unspecified atom stereocenters. The third kappa shape index (κ3) is 3.51. The van der Waals surface area contributed by atoms with E-state index in [4.69, 9.17) is 0 Å². The van der Waals surface area contributed by atoms with Crippen LogP contribution in [0.1, 0.15) is 40.0 Å². The average molecular weight is 181 g/mol. The quantitative estimate of drug-likeness (QED) is 0.660. The second-order valence-electron chi connectivity index (χ2n) is 4.44. The van der Waals surface area contributed by atoms with Crippen molar-refractivity contribution in [1.29, 1.82) is 0 Å². The van der Waals surface area contributed by atoms with E-state index < -0.39 is 0 Å². The van der Waals surface area contributed by atoms with Crippen LogP contribution >= 0.6 is 0 Å². The van der Waals surface area contributed by atoms with Gasteiger partial charge in [0.05, 0.1) is 0 Å². The van der Waals surface area contributed by atoms with Crippen LogP contribution in [0.3, 0.4) is 0 Å². The maximum Gasteiger partial charge on any atom is 0.0137 e. The van der Waals surface area contributed by atoms with Crippen molar-refractivity contribution in [1.82, 2.24) is 5.32 Å². The maximum atomic E-state index is 3.59. The summed E-state index contributed by atoms with van der Waals surface area (Å²) in [5.74, 6) is 1.83. The van der Waals surface area contributed by atoms with E-state index in [0.717, 1.165) is 24.4 Å². The molecule has 76 valence electrons. The summed E-state index contributed by atoms with van der Waals surface area (Å²) in [7, 11) is 0. The molecule has 1 fully saturated rings. The molecule has 0 heterocycles. The van der Waals surface area contributed by atoms with Gasteiger partial charge in [-0.15, -0.1) is 0 Å². The fourth-order valence-electron chi connectivity index (χ4n) is 2.09. The highest BCUT2D eigenvalue weighted by molar-refractivity contribution is 4.85. The molecule has 3 atom stereocenters. The topological polar surface area (TPSA) is 12.0 Å². The fourth-order valence-corrected chi connectivity index (χ4v) is 2.09. The van der Waals surface area contributed by atoms with E-state index in [9.17, 15) is 0 Å². The molecule has 1 rings (SSSR count). The lowest BCUT2D eigenvalue weighted by atomic mass is 9.79. The third-order valence-corrected chi connectivity index (χ3v) is 3.36. The molecule has 1 aliphatic rings. The van der Waals surface area contributed by atoms with E-state index >= 15 is 0 Å². The molecule has 1 heteroatoms.